The van der Waals surface area contributed by atoms with Gasteiger partial charge in [-0.25, -0.2) is 0 Å². The van der Waals surface area contributed by atoms with E-state index in [0.717, 1.165) is 0 Å². The zero-order chi connectivity index (χ0) is 11.2. The smallest absolute Gasteiger partial charge is 0.232 e. The molecule has 5 heteroatoms. The molecule has 0 aromatic carbocycles. The molecule has 3 aliphatic rings. The summed E-state index contributed by atoms with van der Waals surface area (Å²) in [7, 11) is 0. The first kappa shape index (κ1) is 9.57. The van der Waals surface area contributed by atoms with Gasteiger partial charge in [-0.3, -0.25) is 4.79 Å². The second kappa shape index (κ2) is 2.07. The largest absolute Gasteiger partial charge is 0.354 e. The molecule has 0 aromatic rings. The summed E-state index contributed by atoms with van der Waals surface area (Å²) in [5, 5.41) is 0. The second-order valence-electron chi connectivity index (χ2n) is 5.62. The zero-order valence-electron chi connectivity index (χ0n) is 9.28. The van der Waals surface area contributed by atoms with Gasteiger partial charge in [0.2, 0.25) is 5.91 Å². The van der Waals surface area contributed by atoms with Gasteiger partial charge in [0.15, 0.2) is 0 Å². The van der Waals surface area contributed by atoms with Gasteiger partial charge in [-0.15, -0.1) is 0 Å². The molecule has 1 saturated carbocycles. The summed E-state index contributed by atoms with van der Waals surface area (Å²) in [4.78, 5) is 13.9. The maximum absolute atomic E-state index is 12.2. The van der Waals surface area contributed by atoms with Crippen LogP contribution in [0.2, 0.25) is 0 Å². The number of rotatable bonds is 0. The quantitative estimate of drug-likeness (QED) is 0.539. The van der Waals surface area contributed by atoms with Gasteiger partial charge in [-0.2, -0.15) is 0 Å². The zero-order valence-corrected chi connectivity index (χ0v) is 9.28. The monoisotopic (exact) mass is 211 g/mol. The fraction of sp³-hybridized carbons (Fsp3) is 0.900. The van der Waals surface area contributed by atoms with Crippen LogP contribution in [0.1, 0.15) is 20.8 Å². The van der Waals surface area contributed by atoms with E-state index < -0.39 is 16.8 Å². The first-order valence-electron chi connectivity index (χ1n) is 5.29. The summed E-state index contributed by atoms with van der Waals surface area (Å²) in [6.45, 7) is 6.25. The fourth-order valence-corrected chi connectivity index (χ4v) is 3.49. The van der Waals surface area contributed by atoms with Crippen molar-refractivity contribution in [1.29, 1.82) is 0 Å². The standard InChI is InChI=1S/C10H17N3O2/c1-8(2)13-7(14)5-6(11)10(5,12)9(13,3)4-15-8/h5-6H,4,11-12H2,1-3H3. The number of carbonyl (C=O) groups is 1. The molecule has 4 N–H and O–H groups in total. The number of fused-ring (bicyclic) bond motifs is 3. The molecule has 3 fully saturated rings. The molecule has 1 amide bonds. The Hall–Kier alpha value is -0.650. The summed E-state index contributed by atoms with van der Waals surface area (Å²) >= 11 is 0. The summed E-state index contributed by atoms with van der Waals surface area (Å²) in [6.07, 6.45) is 0. The number of piperidine rings is 1. The van der Waals surface area contributed by atoms with E-state index in [2.05, 4.69) is 0 Å². The molecular formula is C10H17N3O2. The van der Waals surface area contributed by atoms with Crippen LogP contribution >= 0.6 is 0 Å². The number of hydrogen-bond acceptors (Lipinski definition) is 4. The Kier molecular flexibility index (Phi) is 1.32. The van der Waals surface area contributed by atoms with Crippen LogP contribution in [-0.4, -0.2) is 40.3 Å². The lowest BCUT2D eigenvalue weighted by Crippen LogP contribution is -2.61. The lowest BCUT2D eigenvalue weighted by Gasteiger charge is -2.39. The number of carbonyl (C=O) groups excluding carboxylic acids is 1. The molecule has 3 rings (SSSR count). The maximum atomic E-state index is 12.2. The Morgan fingerprint density at radius 3 is 2.67 bits per heavy atom. The number of ether oxygens (including phenoxy) is 1. The van der Waals surface area contributed by atoms with Crippen molar-refractivity contribution in [3.05, 3.63) is 0 Å². The van der Waals surface area contributed by atoms with Crippen molar-refractivity contribution >= 4 is 5.91 Å². The molecule has 84 valence electrons. The van der Waals surface area contributed by atoms with Crippen LogP contribution in [0.3, 0.4) is 0 Å². The Morgan fingerprint density at radius 2 is 2.07 bits per heavy atom. The Labute approximate surface area is 88.7 Å². The number of nitrogens with two attached hydrogens (primary N) is 2. The lowest BCUT2D eigenvalue weighted by atomic mass is 9.90. The molecule has 1 aliphatic carbocycles. The number of hydrogen-bond donors (Lipinski definition) is 2. The van der Waals surface area contributed by atoms with Crippen molar-refractivity contribution in [2.45, 2.75) is 43.6 Å². The first-order chi connectivity index (χ1) is 6.77. The van der Waals surface area contributed by atoms with Crippen molar-refractivity contribution in [1.82, 2.24) is 4.90 Å². The molecule has 0 radical (unpaired) electrons. The SMILES string of the molecule is CC1(C)OCC2(C)N1C(=O)C1C(N)C12N. The van der Waals surface area contributed by atoms with Crippen LogP contribution < -0.4 is 11.5 Å². The van der Waals surface area contributed by atoms with Crippen LogP contribution in [0, 0.1) is 5.92 Å². The second-order valence-corrected chi connectivity index (χ2v) is 5.62. The molecule has 2 heterocycles. The minimum absolute atomic E-state index is 0.0509. The highest BCUT2D eigenvalue weighted by atomic mass is 16.5. The molecule has 2 aliphatic heterocycles. The van der Waals surface area contributed by atoms with Crippen LogP contribution in [0.15, 0.2) is 0 Å². The van der Waals surface area contributed by atoms with E-state index in [1.807, 2.05) is 20.8 Å². The molecule has 4 unspecified atom stereocenters. The van der Waals surface area contributed by atoms with Crippen molar-refractivity contribution in [3.8, 4) is 0 Å². The van der Waals surface area contributed by atoms with Gasteiger partial charge < -0.3 is 21.1 Å². The third kappa shape index (κ3) is 0.706. The Balaban J connectivity index is 2.12. The summed E-state index contributed by atoms with van der Waals surface area (Å²) in [5.41, 5.74) is 10.6. The van der Waals surface area contributed by atoms with Gasteiger partial charge >= 0.3 is 0 Å². The van der Waals surface area contributed by atoms with Crippen LogP contribution in [0.5, 0.6) is 0 Å². The van der Waals surface area contributed by atoms with E-state index >= 15 is 0 Å². The van der Waals surface area contributed by atoms with Gasteiger partial charge in [0.05, 0.1) is 23.6 Å². The predicted octanol–water partition coefficient (Wildman–Crippen LogP) is -0.992. The summed E-state index contributed by atoms with van der Waals surface area (Å²) < 4.78 is 5.66. The molecule has 2 saturated heterocycles. The molecule has 5 nitrogen and oxygen atoms in total. The van der Waals surface area contributed by atoms with Crippen LogP contribution in [0.25, 0.3) is 0 Å². The van der Waals surface area contributed by atoms with E-state index in [0.29, 0.717) is 6.61 Å². The summed E-state index contributed by atoms with van der Waals surface area (Å²) in [5.74, 6) is -0.152. The Bertz CT molecular complexity index is 370. The van der Waals surface area contributed by atoms with E-state index in [4.69, 9.17) is 16.2 Å². The molecule has 4 atom stereocenters. The van der Waals surface area contributed by atoms with Crippen molar-refractivity contribution in [3.63, 3.8) is 0 Å². The normalized spacial score (nSPS) is 55.5. The highest BCUT2D eigenvalue weighted by Gasteiger charge is 2.83. The van der Waals surface area contributed by atoms with Crippen molar-refractivity contribution < 1.29 is 9.53 Å². The van der Waals surface area contributed by atoms with E-state index in [1.165, 1.54) is 0 Å². The third-order valence-corrected chi connectivity index (χ3v) is 4.47. The van der Waals surface area contributed by atoms with Crippen LogP contribution in [-0.2, 0) is 9.53 Å². The third-order valence-electron chi connectivity index (χ3n) is 4.47. The summed E-state index contributed by atoms with van der Waals surface area (Å²) in [6, 6.07) is -0.205. The highest BCUT2D eigenvalue weighted by molar-refractivity contribution is 5.92. The minimum atomic E-state index is -0.585. The van der Waals surface area contributed by atoms with Gasteiger partial charge in [-0.05, 0) is 20.8 Å². The van der Waals surface area contributed by atoms with Crippen molar-refractivity contribution in [2.75, 3.05) is 6.61 Å². The minimum Gasteiger partial charge on any atom is -0.354 e. The molecule has 15 heavy (non-hydrogen) atoms. The van der Waals surface area contributed by atoms with Gasteiger partial charge in [0.25, 0.3) is 0 Å². The first-order valence-corrected chi connectivity index (χ1v) is 5.29. The van der Waals surface area contributed by atoms with Crippen molar-refractivity contribution in [2.24, 2.45) is 17.4 Å². The lowest BCUT2D eigenvalue weighted by molar-refractivity contribution is -0.146. The Morgan fingerprint density at radius 1 is 1.47 bits per heavy atom. The van der Waals surface area contributed by atoms with Gasteiger partial charge in [-0.1, -0.05) is 0 Å². The predicted molar refractivity (Wildman–Crippen MR) is 53.7 cm³/mol. The average Bonchev–Trinajstić information content (AvgIpc) is 2.46. The van der Waals surface area contributed by atoms with Gasteiger partial charge in [0, 0.05) is 6.04 Å². The number of nitrogens with zero attached hydrogens (tertiary/aromatic N) is 1. The number of amides is 1. The highest BCUT2D eigenvalue weighted by Crippen LogP contribution is 2.61. The van der Waals surface area contributed by atoms with E-state index in [1.54, 1.807) is 4.90 Å². The van der Waals surface area contributed by atoms with E-state index in [-0.39, 0.29) is 17.9 Å². The molecule has 0 bridgehead atoms. The molecule has 0 spiro atoms. The fourth-order valence-electron chi connectivity index (χ4n) is 3.49. The van der Waals surface area contributed by atoms with E-state index in [9.17, 15) is 4.79 Å². The average molecular weight is 211 g/mol. The molecule has 0 aromatic heterocycles. The molecular weight excluding hydrogens is 194 g/mol. The maximum Gasteiger partial charge on any atom is 0.232 e. The van der Waals surface area contributed by atoms with Crippen LogP contribution in [0.4, 0.5) is 0 Å². The van der Waals surface area contributed by atoms with Gasteiger partial charge in [0.1, 0.15) is 5.72 Å². The topological polar surface area (TPSA) is 81.6 Å².